The SMILES string of the molecule is Oc1ccc(/C=N\n2c(Cc3ccccc3)n[nH]c2=S)cc1O. The first kappa shape index (κ1) is 15.0. The Hall–Kier alpha value is -2.93. The standard InChI is InChI=1S/C16H14N4O2S/c21-13-7-6-12(8-14(13)22)10-17-20-15(18-19-16(20)23)9-11-4-2-1-3-5-11/h1-8,10,21-22H,9H2,(H,19,23)/b17-10-. The Morgan fingerprint density at radius 2 is 1.91 bits per heavy atom. The Morgan fingerprint density at radius 1 is 1.13 bits per heavy atom. The molecular weight excluding hydrogens is 312 g/mol. The van der Waals surface area contributed by atoms with Crippen LogP contribution in [0.3, 0.4) is 0 Å². The van der Waals surface area contributed by atoms with Gasteiger partial charge in [-0.05, 0) is 41.5 Å². The molecule has 0 aliphatic rings. The van der Waals surface area contributed by atoms with E-state index in [1.807, 2.05) is 30.3 Å². The molecule has 0 radical (unpaired) electrons. The number of rotatable bonds is 4. The van der Waals surface area contributed by atoms with Crippen molar-refractivity contribution in [1.29, 1.82) is 0 Å². The van der Waals surface area contributed by atoms with Crippen molar-refractivity contribution < 1.29 is 10.2 Å². The Balaban J connectivity index is 1.88. The first-order chi connectivity index (χ1) is 11.1. The van der Waals surface area contributed by atoms with E-state index in [4.69, 9.17) is 12.2 Å². The number of benzene rings is 2. The van der Waals surface area contributed by atoms with Crippen LogP contribution in [0.15, 0.2) is 53.6 Å². The Kier molecular flexibility index (Phi) is 4.20. The number of nitrogens with zero attached hydrogens (tertiary/aromatic N) is 3. The van der Waals surface area contributed by atoms with E-state index in [0.29, 0.717) is 22.6 Å². The fourth-order valence-electron chi connectivity index (χ4n) is 2.08. The predicted molar refractivity (Wildman–Crippen MR) is 89.4 cm³/mol. The van der Waals surface area contributed by atoms with Gasteiger partial charge in [0.1, 0.15) is 0 Å². The zero-order valence-electron chi connectivity index (χ0n) is 12.0. The summed E-state index contributed by atoms with van der Waals surface area (Å²) in [5.74, 6) is 0.307. The molecule has 6 nitrogen and oxygen atoms in total. The molecule has 116 valence electrons. The van der Waals surface area contributed by atoms with Crippen molar-refractivity contribution in [3.63, 3.8) is 0 Å². The molecule has 0 saturated heterocycles. The number of aromatic amines is 1. The molecule has 3 aromatic rings. The first-order valence-corrected chi connectivity index (χ1v) is 7.31. The van der Waals surface area contributed by atoms with Gasteiger partial charge in [0.05, 0.1) is 6.21 Å². The van der Waals surface area contributed by atoms with Gasteiger partial charge in [-0.15, -0.1) is 0 Å². The summed E-state index contributed by atoms with van der Waals surface area (Å²) in [4.78, 5) is 0. The van der Waals surface area contributed by atoms with Gasteiger partial charge in [0.25, 0.3) is 0 Å². The van der Waals surface area contributed by atoms with Gasteiger partial charge in [-0.25, -0.2) is 0 Å². The average molecular weight is 326 g/mol. The average Bonchev–Trinajstić information content (AvgIpc) is 2.90. The van der Waals surface area contributed by atoms with E-state index in [0.717, 1.165) is 5.56 Å². The summed E-state index contributed by atoms with van der Waals surface area (Å²) >= 11 is 5.19. The molecule has 1 aromatic heterocycles. The number of phenolic OH excluding ortho intramolecular Hbond substituents is 2. The minimum absolute atomic E-state index is 0.174. The zero-order chi connectivity index (χ0) is 16.2. The second kappa shape index (κ2) is 6.45. The normalized spacial score (nSPS) is 11.1. The van der Waals surface area contributed by atoms with Crippen LogP contribution in [0.2, 0.25) is 0 Å². The molecule has 0 aliphatic carbocycles. The molecule has 0 aliphatic heterocycles. The van der Waals surface area contributed by atoms with Gasteiger partial charge >= 0.3 is 0 Å². The molecule has 0 bridgehead atoms. The maximum Gasteiger partial charge on any atom is 0.216 e. The lowest BCUT2D eigenvalue weighted by Gasteiger charge is -2.02. The predicted octanol–water partition coefficient (Wildman–Crippen LogP) is 2.82. The van der Waals surface area contributed by atoms with Crippen LogP contribution in [0.4, 0.5) is 0 Å². The summed E-state index contributed by atoms with van der Waals surface area (Å²) in [5, 5.41) is 30.0. The highest BCUT2D eigenvalue weighted by molar-refractivity contribution is 7.71. The maximum atomic E-state index is 9.50. The first-order valence-electron chi connectivity index (χ1n) is 6.90. The van der Waals surface area contributed by atoms with Crippen molar-refractivity contribution >= 4 is 18.4 Å². The van der Waals surface area contributed by atoms with Gasteiger partial charge in [-0.1, -0.05) is 30.3 Å². The molecule has 0 fully saturated rings. The summed E-state index contributed by atoms with van der Waals surface area (Å²) in [5.41, 5.74) is 1.73. The Bertz CT molecular complexity index is 900. The third kappa shape index (κ3) is 3.46. The molecule has 23 heavy (non-hydrogen) atoms. The fourth-order valence-corrected chi connectivity index (χ4v) is 2.28. The van der Waals surface area contributed by atoms with Gasteiger partial charge in [-0.3, -0.25) is 5.10 Å². The van der Waals surface area contributed by atoms with Gasteiger partial charge in [0.2, 0.25) is 4.77 Å². The molecule has 2 aromatic carbocycles. The monoisotopic (exact) mass is 326 g/mol. The van der Waals surface area contributed by atoms with Crippen LogP contribution in [0.1, 0.15) is 17.0 Å². The number of hydrogen-bond donors (Lipinski definition) is 3. The van der Waals surface area contributed by atoms with E-state index >= 15 is 0 Å². The Labute approximate surface area is 137 Å². The molecule has 0 atom stereocenters. The topological polar surface area (TPSA) is 86.4 Å². The summed E-state index contributed by atoms with van der Waals surface area (Å²) < 4.78 is 1.92. The van der Waals surface area contributed by atoms with Gasteiger partial charge in [-0.2, -0.15) is 14.9 Å². The van der Waals surface area contributed by atoms with E-state index in [1.165, 1.54) is 16.8 Å². The minimum Gasteiger partial charge on any atom is -0.504 e. The molecule has 7 heteroatoms. The van der Waals surface area contributed by atoms with Crippen molar-refractivity contribution in [2.45, 2.75) is 6.42 Å². The number of H-pyrrole nitrogens is 1. The highest BCUT2D eigenvalue weighted by Crippen LogP contribution is 2.24. The molecule has 0 spiro atoms. The van der Waals surface area contributed by atoms with Gasteiger partial charge in [0.15, 0.2) is 17.3 Å². The molecule has 0 amide bonds. The van der Waals surface area contributed by atoms with E-state index in [-0.39, 0.29) is 11.5 Å². The van der Waals surface area contributed by atoms with Crippen LogP contribution in [0, 0.1) is 4.77 Å². The second-order valence-electron chi connectivity index (χ2n) is 4.91. The summed E-state index contributed by atoms with van der Waals surface area (Å²) in [6, 6.07) is 14.3. The van der Waals surface area contributed by atoms with Crippen LogP contribution >= 0.6 is 12.2 Å². The van der Waals surface area contributed by atoms with Crippen LogP contribution in [-0.4, -0.2) is 31.3 Å². The highest BCUT2D eigenvalue weighted by atomic mass is 32.1. The van der Waals surface area contributed by atoms with Crippen LogP contribution < -0.4 is 0 Å². The van der Waals surface area contributed by atoms with E-state index < -0.39 is 0 Å². The molecule has 0 unspecified atom stereocenters. The second-order valence-corrected chi connectivity index (χ2v) is 5.30. The van der Waals surface area contributed by atoms with Crippen molar-refractivity contribution in [1.82, 2.24) is 14.9 Å². The van der Waals surface area contributed by atoms with Crippen molar-refractivity contribution in [2.75, 3.05) is 0 Å². The summed E-state index contributed by atoms with van der Waals surface area (Å²) in [6.45, 7) is 0. The summed E-state index contributed by atoms with van der Waals surface area (Å²) in [6.07, 6.45) is 2.13. The Morgan fingerprint density at radius 3 is 2.65 bits per heavy atom. The highest BCUT2D eigenvalue weighted by Gasteiger charge is 2.06. The number of phenols is 2. The smallest absolute Gasteiger partial charge is 0.216 e. The van der Waals surface area contributed by atoms with Gasteiger partial charge < -0.3 is 10.2 Å². The lowest BCUT2D eigenvalue weighted by Crippen LogP contribution is -2.00. The third-order valence-electron chi connectivity index (χ3n) is 3.24. The van der Waals surface area contributed by atoms with Crippen LogP contribution in [0.5, 0.6) is 11.5 Å². The number of nitrogens with one attached hydrogen (secondary N) is 1. The van der Waals surface area contributed by atoms with Gasteiger partial charge in [0, 0.05) is 6.42 Å². The van der Waals surface area contributed by atoms with E-state index in [9.17, 15) is 10.2 Å². The molecule has 0 saturated carbocycles. The largest absolute Gasteiger partial charge is 0.504 e. The van der Waals surface area contributed by atoms with Crippen molar-refractivity contribution in [3.8, 4) is 11.5 Å². The molecule has 3 rings (SSSR count). The zero-order valence-corrected chi connectivity index (χ0v) is 12.9. The van der Waals surface area contributed by atoms with Crippen molar-refractivity contribution in [3.05, 3.63) is 70.3 Å². The number of hydrogen-bond acceptors (Lipinski definition) is 5. The summed E-state index contributed by atoms with van der Waals surface area (Å²) in [7, 11) is 0. The fraction of sp³-hybridized carbons (Fsp3) is 0.0625. The number of aromatic hydroxyl groups is 2. The number of aromatic nitrogens is 3. The van der Waals surface area contributed by atoms with E-state index in [2.05, 4.69) is 15.3 Å². The quantitative estimate of drug-likeness (QED) is 0.391. The van der Waals surface area contributed by atoms with Crippen molar-refractivity contribution in [2.24, 2.45) is 5.10 Å². The van der Waals surface area contributed by atoms with Crippen LogP contribution in [-0.2, 0) is 6.42 Å². The van der Waals surface area contributed by atoms with E-state index in [1.54, 1.807) is 12.3 Å². The third-order valence-corrected chi connectivity index (χ3v) is 3.51. The molecular formula is C16H14N4O2S. The molecule has 1 heterocycles. The maximum absolute atomic E-state index is 9.50. The lowest BCUT2D eigenvalue weighted by molar-refractivity contribution is 0.403. The molecule has 3 N–H and O–H groups in total. The lowest BCUT2D eigenvalue weighted by atomic mass is 10.1. The van der Waals surface area contributed by atoms with Crippen LogP contribution in [0.25, 0.3) is 0 Å². The minimum atomic E-state index is -0.200.